The molecule has 0 bridgehead atoms. The van der Waals surface area contributed by atoms with Crippen LogP contribution in [0.1, 0.15) is 38.3 Å². The molecule has 0 spiro atoms. The predicted octanol–water partition coefficient (Wildman–Crippen LogP) is 2.00. The van der Waals surface area contributed by atoms with Crippen LogP contribution in [0.25, 0.3) is 0 Å². The van der Waals surface area contributed by atoms with Gasteiger partial charge in [0, 0.05) is 18.7 Å². The Kier molecular flexibility index (Phi) is 9.00. The van der Waals surface area contributed by atoms with Crippen molar-refractivity contribution in [3.8, 4) is 5.75 Å². The number of nitrogens with zero attached hydrogens (tertiary/aromatic N) is 1. The van der Waals surface area contributed by atoms with Crippen molar-refractivity contribution >= 4 is 21.8 Å². The highest BCUT2D eigenvalue weighted by atomic mass is 32.2. The van der Waals surface area contributed by atoms with E-state index >= 15 is 0 Å². The maximum absolute atomic E-state index is 12.6. The average molecular weight is 489 g/mol. The third-order valence-corrected chi connectivity index (χ3v) is 7.51. The Balaban J connectivity index is 1.39. The summed E-state index contributed by atoms with van der Waals surface area (Å²) < 4.78 is 32.8. The second-order valence-electron chi connectivity index (χ2n) is 8.51. The van der Waals surface area contributed by atoms with Gasteiger partial charge in [-0.1, -0.05) is 6.07 Å². The lowest BCUT2D eigenvalue weighted by Crippen LogP contribution is -2.47. The van der Waals surface area contributed by atoms with E-state index in [9.17, 15) is 18.0 Å². The van der Waals surface area contributed by atoms with Crippen LogP contribution in [0.3, 0.4) is 0 Å². The molecular weight excluding hydrogens is 456 g/mol. The molecule has 2 aromatic rings. The first kappa shape index (κ1) is 25.6. The van der Waals surface area contributed by atoms with E-state index in [0.717, 1.165) is 18.5 Å². The Morgan fingerprint density at radius 3 is 2.41 bits per heavy atom. The molecule has 0 unspecified atom stereocenters. The molecule has 34 heavy (non-hydrogen) atoms. The van der Waals surface area contributed by atoms with Crippen molar-refractivity contribution in [3.63, 3.8) is 0 Å². The first-order chi connectivity index (χ1) is 16.3. The van der Waals surface area contributed by atoms with Crippen molar-refractivity contribution in [1.82, 2.24) is 20.3 Å². The Hall–Kier alpha value is -2.98. The fourth-order valence-electron chi connectivity index (χ4n) is 3.92. The van der Waals surface area contributed by atoms with Crippen molar-refractivity contribution < 1.29 is 22.7 Å². The lowest BCUT2D eigenvalue weighted by Gasteiger charge is -2.28. The quantitative estimate of drug-likeness (QED) is 0.470. The van der Waals surface area contributed by atoms with Crippen LogP contribution < -0.4 is 20.1 Å². The van der Waals surface area contributed by atoms with Gasteiger partial charge in [0.2, 0.25) is 21.8 Å². The van der Waals surface area contributed by atoms with Crippen LogP contribution in [0.2, 0.25) is 0 Å². The lowest BCUT2D eigenvalue weighted by atomic mass is 9.81. The summed E-state index contributed by atoms with van der Waals surface area (Å²) in [6.07, 6.45) is 4.45. The molecule has 0 radical (unpaired) electrons. The van der Waals surface area contributed by atoms with E-state index in [1.807, 2.05) is 12.1 Å². The summed E-state index contributed by atoms with van der Waals surface area (Å²) >= 11 is 0. The Labute approximate surface area is 200 Å². The molecule has 1 aromatic heterocycles. The maximum atomic E-state index is 12.6. The van der Waals surface area contributed by atoms with Crippen molar-refractivity contribution in [1.29, 1.82) is 0 Å². The predicted molar refractivity (Wildman–Crippen MR) is 127 cm³/mol. The van der Waals surface area contributed by atoms with Crippen LogP contribution in [0.5, 0.6) is 5.75 Å². The van der Waals surface area contributed by atoms with Crippen LogP contribution in [-0.4, -0.2) is 44.9 Å². The van der Waals surface area contributed by atoms with Crippen LogP contribution in [0.4, 0.5) is 0 Å². The van der Waals surface area contributed by atoms with Gasteiger partial charge in [0.25, 0.3) is 0 Å². The van der Waals surface area contributed by atoms with Crippen molar-refractivity contribution in [2.24, 2.45) is 11.8 Å². The van der Waals surface area contributed by atoms with Crippen LogP contribution in [0, 0.1) is 11.8 Å². The summed E-state index contributed by atoms with van der Waals surface area (Å²) in [5, 5.41) is 5.57. The second-order valence-corrected chi connectivity index (χ2v) is 10.3. The van der Waals surface area contributed by atoms with E-state index in [4.69, 9.17) is 4.74 Å². The molecule has 0 aliphatic heterocycles. The lowest BCUT2D eigenvalue weighted by molar-refractivity contribution is -0.131. The van der Waals surface area contributed by atoms with Crippen LogP contribution in [0.15, 0.2) is 53.6 Å². The monoisotopic (exact) mass is 488 g/mol. The minimum Gasteiger partial charge on any atom is -0.497 e. The molecular formula is C24H32N4O5S. The zero-order valence-corrected chi connectivity index (χ0v) is 20.3. The molecule has 1 aromatic carbocycles. The number of methoxy groups -OCH3 is 1. The Morgan fingerprint density at radius 1 is 1.09 bits per heavy atom. The molecule has 1 atom stereocenters. The molecule has 184 valence electrons. The number of benzene rings is 1. The van der Waals surface area contributed by atoms with Gasteiger partial charge >= 0.3 is 0 Å². The first-order valence-corrected chi connectivity index (χ1v) is 12.9. The van der Waals surface area contributed by atoms with Crippen LogP contribution in [-0.2, 0) is 26.2 Å². The summed E-state index contributed by atoms with van der Waals surface area (Å²) in [5.74, 6) is 0.172. The molecule has 0 saturated heterocycles. The van der Waals surface area contributed by atoms with E-state index in [1.54, 1.807) is 31.3 Å². The third kappa shape index (κ3) is 7.26. The normalized spacial score (nSPS) is 19.1. The molecule has 2 amide bonds. The van der Waals surface area contributed by atoms with E-state index in [1.165, 1.54) is 19.2 Å². The fourth-order valence-corrected chi connectivity index (χ4v) is 5.04. The minimum absolute atomic E-state index is 0.141. The van der Waals surface area contributed by atoms with Crippen molar-refractivity contribution in [3.05, 3.63) is 54.4 Å². The number of amides is 2. The zero-order chi connectivity index (χ0) is 24.6. The fraction of sp³-hybridized carbons (Fsp3) is 0.458. The summed E-state index contributed by atoms with van der Waals surface area (Å²) in [4.78, 5) is 29.3. The highest BCUT2D eigenvalue weighted by Crippen LogP contribution is 2.29. The largest absolute Gasteiger partial charge is 0.497 e. The highest BCUT2D eigenvalue weighted by Gasteiger charge is 2.29. The first-order valence-electron chi connectivity index (χ1n) is 11.4. The molecule has 1 aliphatic carbocycles. The van der Waals surface area contributed by atoms with Gasteiger partial charge < -0.3 is 15.4 Å². The molecule has 1 aliphatic rings. The number of hydrogen-bond acceptors (Lipinski definition) is 6. The summed E-state index contributed by atoms with van der Waals surface area (Å²) in [6.45, 7) is 2.29. The van der Waals surface area contributed by atoms with Gasteiger partial charge in [0.05, 0.1) is 24.2 Å². The number of sulfonamides is 1. The molecule has 3 rings (SSSR count). The van der Waals surface area contributed by atoms with Crippen molar-refractivity contribution in [2.75, 3.05) is 13.7 Å². The molecule has 1 heterocycles. The zero-order valence-electron chi connectivity index (χ0n) is 19.5. The molecule has 1 saturated carbocycles. The topological polar surface area (TPSA) is 126 Å². The maximum Gasteiger partial charge on any atom is 0.242 e. The molecule has 9 nitrogen and oxygen atoms in total. The number of rotatable bonds is 10. The highest BCUT2D eigenvalue weighted by molar-refractivity contribution is 7.89. The van der Waals surface area contributed by atoms with Crippen molar-refractivity contribution in [2.45, 2.75) is 50.1 Å². The molecule has 10 heteroatoms. The Morgan fingerprint density at radius 2 is 1.79 bits per heavy atom. The number of pyridine rings is 1. The minimum atomic E-state index is -3.60. The average Bonchev–Trinajstić information content (AvgIpc) is 2.87. The third-order valence-electron chi connectivity index (χ3n) is 6.07. The van der Waals surface area contributed by atoms with Gasteiger partial charge in [-0.25, -0.2) is 13.1 Å². The van der Waals surface area contributed by atoms with E-state index in [-0.39, 0.29) is 28.5 Å². The summed E-state index contributed by atoms with van der Waals surface area (Å²) in [5.41, 5.74) is 0.746. The van der Waals surface area contributed by atoms with Gasteiger partial charge in [-0.2, -0.15) is 0 Å². The number of carbonyl (C=O) groups is 2. The Bertz CT molecular complexity index is 1050. The second kappa shape index (κ2) is 11.9. The summed E-state index contributed by atoms with van der Waals surface area (Å²) in [6, 6.07) is 11.1. The number of aromatic nitrogens is 1. The van der Waals surface area contributed by atoms with E-state index in [0.29, 0.717) is 31.7 Å². The number of nitrogens with one attached hydrogen (secondary N) is 3. The number of ether oxygens (including phenoxy) is 1. The summed E-state index contributed by atoms with van der Waals surface area (Å²) in [7, 11) is -2.07. The van der Waals surface area contributed by atoms with Gasteiger partial charge in [-0.05, 0) is 74.9 Å². The van der Waals surface area contributed by atoms with Crippen LogP contribution >= 0.6 is 0 Å². The molecule has 3 N–H and O–H groups in total. The SMILES string of the molecule is COc1ccc(S(=O)(=O)NCC2CCC(C(=O)N[C@H](C)C(=O)NCc3ccccn3)CC2)cc1. The van der Waals surface area contributed by atoms with Gasteiger partial charge in [0.1, 0.15) is 11.8 Å². The number of carbonyl (C=O) groups excluding carboxylic acids is 2. The van der Waals surface area contributed by atoms with Gasteiger partial charge in [-0.15, -0.1) is 0 Å². The van der Waals surface area contributed by atoms with Gasteiger partial charge in [0.15, 0.2) is 0 Å². The smallest absolute Gasteiger partial charge is 0.242 e. The van der Waals surface area contributed by atoms with E-state index in [2.05, 4.69) is 20.3 Å². The van der Waals surface area contributed by atoms with E-state index < -0.39 is 16.1 Å². The number of hydrogen-bond donors (Lipinski definition) is 3. The standard InChI is InChI=1S/C24H32N4O5S/c1-17(23(29)26-16-20-5-3-4-14-25-20)28-24(30)19-8-6-18(7-9-19)15-27-34(31,32)22-12-10-21(33-2)11-13-22/h3-5,10-14,17-19,27H,6-9,15-16H2,1-2H3,(H,26,29)(H,28,30)/t17-,18?,19?/m1/s1. The van der Waals surface area contributed by atoms with Gasteiger partial charge in [-0.3, -0.25) is 14.6 Å². The molecule has 1 fully saturated rings.